The van der Waals surface area contributed by atoms with Crippen LogP contribution in [0.25, 0.3) is 0 Å². The molecule has 70 valence electrons. The molecule has 0 unspecified atom stereocenters. The quantitative estimate of drug-likeness (QED) is 0.750. The zero-order chi connectivity index (χ0) is 9.68. The standard InChI is InChI=1S/C9H13N3S/c1-4-5-6-10-9-11-8(7(2)3)12-13-9/h7H,6H2,1-3H3,(H,10,11,12). The number of hydrogen-bond acceptors (Lipinski definition) is 4. The van der Waals surface area contributed by atoms with Crippen molar-refractivity contribution in [3.8, 4) is 11.8 Å². The Kier molecular flexibility index (Phi) is 3.71. The van der Waals surface area contributed by atoms with Crippen LogP contribution in [0.5, 0.6) is 0 Å². The van der Waals surface area contributed by atoms with Crippen LogP contribution >= 0.6 is 11.5 Å². The lowest BCUT2D eigenvalue weighted by molar-refractivity contribution is 0.799. The molecule has 4 heteroatoms. The summed E-state index contributed by atoms with van der Waals surface area (Å²) in [6.07, 6.45) is 0. The van der Waals surface area contributed by atoms with Gasteiger partial charge >= 0.3 is 0 Å². The number of anilines is 1. The predicted octanol–water partition coefficient (Wildman–Crippen LogP) is 2.10. The highest BCUT2D eigenvalue weighted by Crippen LogP contribution is 2.16. The van der Waals surface area contributed by atoms with Crippen molar-refractivity contribution in [2.45, 2.75) is 26.7 Å². The molecule has 0 radical (unpaired) electrons. The Hall–Kier alpha value is -1.08. The normalized spacial score (nSPS) is 9.54. The molecule has 0 bridgehead atoms. The molecule has 3 nitrogen and oxygen atoms in total. The first-order valence-electron chi connectivity index (χ1n) is 4.21. The molecule has 1 aromatic rings. The van der Waals surface area contributed by atoms with Gasteiger partial charge in [-0.1, -0.05) is 19.8 Å². The van der Waals surface area contributed by atoms with Crippen molar-refractivity contribution in [3.05, 3.63) is 5.82 Å². The maximum absolute atomic E-state index is 4.31. The molecule has 13 heavy (non-hydrogen) atoms. The largest absolute Gasteiger partial charge is 0.349 e. The smallest absolute Gasteiger partial charge is 0.203 e. The molecule has 0 atom stereocenters. The summed E-state index contributed by atoms with van der Waals surface area (Å²) in [6, 6.07) is 0. The molecule has 0 aliphatic rings. The van der Waals surface area contributed by atoms with Crippen LogP contribution < -0.4 is 5.32 Å². The van der Waals surface area contributed by atoms with Gasteiger partial charge in [-0.15, -0.1) is 5.92 Å². The summed E-state index contributed by atoms with van der Waals surface area (Å²) < 4.78 is 4.21. The van der Waals surface area contributed by atoms with Crippen molar-refractivity contribution in [2.75, 3.05) is 11.9 Å². The van der Waals surface area contributed by atoms with Crippen LogP contribution in [0.1, 0.15) is 32.5 Å². The highest BCUT2D eigenvalue weighted by molar-refractivity contribution is 7.09. The number of nitrogens with zero attached hydrogens (tertiary/aromatic N) is 2. The van der Waals surface area contributed by atoms with Gasteiger partial charge in [0.25, 0.3) is 0 Å². The van der Waals surface area contributed by atoms with E-state index in [2.05, 4.69) is 40.4 Å². The third-order valence-corrected chi connectivity index (χ3v) is 2.15. The summed E-state index contributed by atoms with van der Waals surface area (Å²) in [4.78, 5) is 4.31. The molecule has 0 spiro atoms. The molecule has 0 amide bonds. The lowest BCUT2D eigenvalue weighted by atomic mass is 10.2. The summed E-state index contributed by atoms with van der Waals surface area (Å²) in [5.41, 5.74) is 0. The van der Waals surface area contributed by atoms with Gasteiger partial charge in [0.2, 0.25) is 5.13 Å². The minimum atomic E-state index is 0.393. The minimum Gasteiger partial charge on any atom is -0.349 e. The van der Waals surface area contributed by atoms with E-state index in [0.29, 0.717) is 12.5 Å². The molecular formula is C9H13N3S. The van der Waals surface area contributed by atoms with Gasteiger partial charge in [0.1, 0.15) is 5.82 Å². The van der Waals surface area contributed by atoms with E-state index < -0.39 is 0 Å². The van der Waals surface area contributed by atoms with Gasteiger partial charge in [0, 0.05) is 17.5 Å². The Bertz CT molecular complexity index is 319. The summed E-state index contributed by atoms with van der Waals surface area (Å²) in [5, 5.41) is 3.95. The third-order valence-electron chi connectivity index (χ3n) is 1.46. The number of nitrogens with one attached hydrogen (secondary N) is 1. The van der Waals surface area contributed by atoms with Gasteiger partial charge in [0.15, 0.2) is 0 Å². The topological polar surface area (TPSA) is 37.8 Å². The first-order chi connectivity index (χ1) is 6.24. The maximum atomic E-state index is 4.31. The second kappa shape index (κ2) is 4.83. The van der Waals surface area contributed by atoms with Gasteiger partial charge in [0.05, 0.1) is 6.54 Å². The fraction of sp³-hybridized carbons (Fsp3) is 0.556. The molecule has 1 heterocycles. The van der Waals surface area contributed by atoms with Crippen LogP contribution in [0, 0.1) is 11.8 Å². The van der Waals surface area contributed by atoms with Gasteiger partial charge in [-0.05, 0) is 6.92 Å². The molecule has 1 aromatic heterocycles. The van der Waals surface area contributed by atoms with Gasteiger partial charge < -0.3 is 5.32 Å². The Balaban J connectivity index is 2.52. The monoisotopic (exact) mass is 195 g/mol. The van der Waals surface area contributed by atoms with E-state index in [0.717, 1.165) is 11.0 Å². The molecule has 1 rings (SSSR count). The minimum absolute atomic E-state index is 0.393. The fourth-order valence-electron chi connectivity index (χ4n) is 0.749. The predicted molar refractivity (Wildman–Crippen MR) is 55.9 cm³/mol. The third kappa shape index (κ3) is 3.03. The van der Waals surface area contributed by atoms with E-state index in [1.807, 2.05) is 6.92 Å². The van der Waals surface area contributed by atoms with Crippen LogP contribution in [0.2, 0.25) is 0 Å². The molecule has 0 saturated carbocycles. The zero-order valence-electron chi connectivity index (χ0n) is 8.09. The van der Waals surface area contributed by atoms with Crippen LogP contribution in [-0.4, -0.2) is 15.9 Å². The van der Waals surface area contributed by atoms with Crippen molar-refractivity contribution < 1.29 is 0 Å². The van der Waals surface area contributed by atoms with E-state index in [-0.39, 0.29) is 0 Å². The second-order valence-electron chi connectivity index (χ2n) is 2.89. The van der Waals surface area contributed by atoms with Gasteiger partial charge in [-0.25, -0.2) is 4.98 Å². The highest BCUT2D eigenvalue weighted by atomic mass is 32.1. The van der Waals surface area contributed by atoms with Crippen molar-refractivity contribution in [1.29, 1.82) is 0 Å². The van der Waals surface area contributed by atoms with E-state index in [4.69, 9.17) is 0 Å². The molecule has 0 aliphatic heterocycles. The Labute approximate surface area is 82.8 Å². The fourth-order valence-corrected chi connectivity index (χ4v) is 1.45. The molecular weight excluding hydrogens is 182 g/mol. The van der Waals surface area contributed by atoms with E-state index in [1.165, 1.54) is 11.5 Å². The maximum Gasteiger partial charge on any atom is 0.203 e. The van der Waals surface area contributed by atoms with Crippen molar-refractivity contribution in [3.63, 3.8) is 0 Å². The number of aromatic nitrogens is 2. The Morgan fingerprint density at radius 2 is 2.31 bits per heavy atom. The second-order valence-corrected chi connectivity index (χ2v) is 3.64. The van der Waals surface area contributed by atoms with E-state index in [9.17, 15) is 0 Å². The lowest BCUT2D eigenvalue weighted by Gasteiger charge is -1.95. The molecule has 0 saturated heterocycles. The summed E-state index contributed by atoms with van der Waals surface area (Å²) in [6.45, 7) is 6.62. The average molecular weight is 195 g/mol. The molecule has 1 N–H and O–H groups in total. The van der Waals surface area contributed by atoms with Crippen molar-refractivity contribution >= 4 is 16.7 Å². The van der Waals surface area contributed by atoms with Gasteiger partial charge in [-0.2, -0.15) is 4.37 Å². The van der Waals surface area contributed by atoms with Gasteiger partial charge in [-0.3, -0.25) is 0 Å². The molecule has 0 aromatic carbocycles. The summed E-state index contributed by atoms with van der Waals surface area (Å²) in [5.74, 6) is 7.02. The summed E-state index contributed by atoms with van der Waals surface area (Å²) >= 11 is 1.39. The Morgan fingerprint density at radius 1 is 1.54 bits per heavy atom. The highest BCUT2D eigenvalue weighted by Gasteiger charge is 2.05. The van der Waals surface area contributed by atoms with Crippen LogP contribution in [0.4, 0.5) is 5.13 Å². The number of rotatable bonds is 3. The first kappa shape index (κ1) is 10.0. The van der Waals surface area contributed by atoms with E-state index in [1.54, 1.807) is 0 Å². The zero-order valence-corrected chi connectivity index (χ0v) is 8.90. The lowest BCUT2D eigenvalue weighted by Crippen LogP contribution is -1.98. The molecule has 0 aliphatic carbocycles. The first-order valence-corrected chi connectivity index (χ1v) is 4.98. The SMILES string of the molecule is CC#CCNc1nc(C(C)C)ns1. The van der Waals surface area contributed by atoms with Crippen LogP contribution in [0.15, 0.2) is 0 Å². The van der Waals surface area contributed by atoms with Crippen molar-refractivity contribution in [2.24, 2.45) is 0 Å². The Morgan fingerprint density at radius 3 is 2.85 bits per heavy atom. The average Bonchev–Trinajstić information content (AvgIpc) is 2.53. The van der Waals surface area contributed by atoms with Crippen LogP contribution in [0.3, 0.4) is 0 Å². The number of hydrogen-bond donors (Lipinski definition) is 1. The van der Waals surface area contributed by atoms with Crippen molar-refractivity contribution in [1.82, 2.24) is 9.36 Å². The molecule has 0 fully saturated rings. The van der Waals surface area contributed by atoms with Crippen LogP contribution in [-0.2, 0) is 0 Å². The summed E-state index contributed by atoms with van der Waals surface area (Å²) in [7, 11) is 0. The van der Waals surface area contributed by atoms with E-state index >= 15 is 0 Å².